The van der Waals surface area contributed by atoms with Crippen LogP contribution >= 0.6 is 15.9 Å². The molecular formula is C12H17BrN4O2. The van der Waals surface area contributed by atoms with E-state index in [-0.39, 0.29) is 18.2 Å². The molecule has 1 aromatic heterocycles. The maximum absolute atomic E-state index is 12.0. The largest absolute Gasteiger partial charge is 0.372 e. The Morgan fingerprint density at radius 2 is 2.11 bits per heavy atom. The number of hydrogen-bond acceptors (Lipinski definition) is 4. The van der Waals surface area contributed by atoms with E-state index in [1.165, 1.54) is 0 Å². The molecule has 1 aromatic rings. The van der Waals surface area contributed by atoms with Crippen LogP contribution in [0.4, 0.5) is 5.82 Å². The minimum Gasteiger partial charge on any atom is -0.372 e. The Labute approximate surface area is 120 Å². The number of pyridine rings is 1. The van der Waals surface area contributed by atoms with Gasteiger partial charge in [-0.25, -0.2) is 4.98 Å². The molecule has 2 amide bonds. The number of halogens is 1. The van der Waals surface area contributed by atoms with E-state index < -0.39 is 0 Å². The Morgan fingerprint density at radius 3 is 2.74 bits per heavy atom. The molecule has 6 nitrogen and oxygen atoms in total. The highest BCUT2D eigenvalue weighted by Crippen LogP contribution is 2.17. The first-order chi connectivity index (χ1) is 9.08. The zero-order chi connectivity index (χ0) is 14.3. The molecule has 0 saturated heterocycles. The molecule has 0 fully saturated rings. The quantitative estimate of drug-likeness (QED) is 0.731. The van der Waals surface area contributed by atoms with E-state index >= 15 is 0 Å². The molecule has 1 rings (SSSR count). The first-order valence-corrected chi connectivity index (χ1v) is 6.76. The number of carbonyl (C=O) groups excluding carboxylic acids is 2. The van der Waals surface area contributed by atoms with Gasteiger partial charge in [0.15, 0.2) is 0 Å². The molecule has 0 aliphatic rings. The fourth-order valence-corrected chi connectivity index (χ4v) is 1.81. The summed E-state index contributed by atoms with van der Waals surface area (Å²) in [5.74, 6) is 0.158. The smallest absolute Gasteiger partial charge is 0.255 e. The van der Waals surface area contributed by atoms with Crippen LogP contribution in [0, 0.1) is 0 Å². The summed E-state index contributed by atoms with van der Waals surface area (Å²) in [6, 6.07) is 1.68. The molecule has 0 spiro atoms. The van der Waals surface area contributed by atoms with Crippen molar-refractivity contribution in [3.63, 3.8) is 0 Å². The van der Waals surface area contributed by atoms with Gasteiger partial charge in [-0.1, -0.05) is 0 Å². The molecule has 19 heavy (non-hydrogen) atoms. The average molecular weight is 329 g/mol. The summed E-state index contributed by atoms with van der Waals surface area (Å²) in [7, 11) is 1.70. The van der Waals surface area contributed by atoms with Crippen LogP contribution in [-0.2, 0) is 4.79 Å². The summed E-state index contributed by atoms with van der Waals surface area (Å²) in [6.45, 7) is 2.73. The van der Waals surface area contributed by atoms with Crippen LogP contribution in [0.25, 0.3) is 0 Å². The van der Waals surface area contributed by atoms with E-state index in [2.05, 4.69) is 36.9 Å². The summed E-state index contributed by atoms with van der Waals surface area (Å²) in [5, 5.41) is 8.21. The van der Waals surface area contributed by atoms with Gasteiger partial charge in [0.05, 0.1) is 5.56 Å². The van der Waals surface area contributed by atoms with Gasteiger partial charge in [0.2, 0.25) is 5.91 Å². The molecule has 7 heteroatoms. The summed E-state index contributed by atoms with van der Waals surface area (Å²) < 4.78 is 0.723. The van der Waals surface area contributed by atoms with Gasteiger partial charge >= 0.3 is 0 Å². The van der Waals surface area contributed by atoms with Crippen molar-refractivity contribution in [2.24, 2.45) is 0 Å². The molecule has 0 bridgehead atoms. The van der Waals surface area contributed by atoms with Gasteiger partial charge in [-0.3, -0.25) is 9.59 Å². The third-order valence-electron chi connectivity index (χ3n) is 2.35. The van der Waals surface area contributed by atoms with Crippen LogP contribution < -0.4 is 16.0 Å². The van der Waals surface area contributed by atoms with Crippen LogP contribution in [0.15, 0.2) is 16.7 Å². The van der Waals surface area contributed by atoms with Crippen molar-refractivity contribution < 1.29 is 9.59 Å². The van der Waals surface area contributed by atoms with Gasteiger partial charge in [-0.2, -0.15) is 0 Å². The van der Waals surface area contributed by atoms with Gasteiger partial charge < -0.3 is 16.0 Å². The Balaban J connectivity index is 2.58. The van der Waals surface area contributed by atoms with Crippen LogP contribution in [0.5, 0.6) is 0 Å². The molecule has 0 aliphatic carbocycles. The van der Waals surface area contributed by atoms with Gasteiger partial charge in [-0.05, 0) is 28.9 Å². The summed E-state index contributed by atoms with van der Waals surface area (Å²) in [6.07, 6.45) is 1.87. The van der Waals surface area contributed by atoms with Gasteiger partial charge in [0.1, 0.15) is 5.82 Å². The Hall–Kier alpha value is -1.63. The second-order valence-corrected chi connectivity index (χ2v) is 4.67. The van der Waals surface area contributed by atoms with E-state index in [1.807, 2.05) is 6.92 Å². The number of rotatable bonds is 6. The average Bonchev–Trinajstić information content (AvgIpc) is 2.38. The first-order valence-electron chi connectivity index (χ1n) is 5.96. The lowest BCUT2D eigenvalue weighted by Gasteiger charge is -2.09. The molecule has 0 saturated carbocycles. The van der Waals surface area contributed by atoms with Crippen LogP contribution in [0.2, 0.25) is 0 Å². The minimum absolute atomic E-state index is 0.0796. The van der Waals surface area contributed by atoms with Crippen LogP contribution in [-0.4, -0.2) is 36.9 Å². The van der Waals surface area contributed by atoms with E-state index in [1.54, 1.807) is 19.3 Å². The molecule has 0 unspecified atom stereocenters. The number of nitrogens with zero attached hydrogens (tertiary/aromatic N) is 1. The van der Waals surface area contributed by atoms with Crippen molar-refractivity contribution in [3.8, 4) is 0 Å². The monoisotopic (exact) mass is 328 g/mol. The zero-order valence-electron chi connectivity index (χ0n) is 10.9. The maximum Gasteiger partial charge on any atom is 0.255 e. The third kappa shape index (κ3) is 4.86. The maximum atomic E-state index is 12.0. The number of anilines is 1. The predicted octanol–water partition coefficient (Wildman–Crippen LogP) is 1.14. The van der Waals surface area contributed by atoms with Gasteiger partial charge in [-0.15, -0.1) is 0 Å². The Kier molecular flexibility index (Phi) is 6.27. The van der Waals surface area contributed by atoms with Gasteiger partial charge in [0, 0.05) is 37.2 Å². The first kappa shape index (κ1) is 15.4. The van der Waals surface area contributed by atoms with Crippen molar-refractivity contribution in [1.29, 1.82) is 0 Å². The zero-order valence-corrected chi connectivity index (χ0v) is 12.5. The summed E-state index contributed by atoms with van der Waals surface area (Å²) in [5.41, 5.74) is 0.438. The Bertz CT molecular complexity index is 465. The SMILES string of the molecule is CCNC(=O)CCNC(=O)c1cc(Br)cnc1NC. The molecule has 0 atom stereocenters. The number of carbonyl (C=O) groups is 2. The van der Waals surface area contributed by atoms with Crippen LogP contribution in [0.3, 0.4) is 0 Å². The highest BCUT2D eigenvalue weighted by Gasteiger charge is 2.12. The van der Waals surface area contributed by atoms with Crippen molar-refractivity contribution in [2.45, 2.75) is 13.3 Å². The molecule has 0 aliphatic heterocycles. The molecule has 1 heterocycles. The topological polar surface area (TPSA) is 83.1 Å². The van der Waals surface area contributed by atoms with Crippen molar-refractivity contribution in [1.82, 2.24) is 15.6 Å². The van der Waals surface area contributed by atoms with Gasteiger partial charge in [0.25, 0.3) is 5.91 Å². The van der Waals surface area contributed by atoms with E-state index in [0.717, 1.165) is 4.47 Å². The summed E-state index contributed by atoms with van der Waals surface area (Å²) in [4.78, 5) is 27.3. The van der Waals surface area contributed by atoms with Crippen LogP contribution in [0.1, 0.15) is 23.7 Å². The fourth-order valence-electron chi connectivity index (χ4n) is 1.48. The third-order valence-corrected chi connectivity index (χ3v) is 2.78. The highest BCUT2D eigenvalue weighted by atomic mass is 79.9. The lowest BCUT2D eigenvalue weighted by Crippen LogP contribution is -2.31. The number of aromatic nitrogens is 1. The van der Waals surface area contributed by atoms with E-state index in [4.69, 9.17) is 0 Å². The second-order valence-electron chi connectivity index (χ2n) is 3.76. The number of nitrogens with one attached hydrogen (secondary N) is 3. The lowest BCUT2D eigenvalue weighted by molar-refractivity contribution is -0.120. The Morgan fingerprint density at radius 1 is 1.37 bits per heavy atom. The van der Waals surface area contributed by atoms with Crippen molar-refractivity contribution in [3.05, 3.63) is 22.3 Å². The molecular weight excluding hydrogens is 312 g/mol. The van der Waals surface area contributed by atoms with E-state index in [9.17, 15) is 9.59 Å². The second kappa shape index (κ2) is 7.73. The minimum atomic E-state index is -0.262. The number of hydrogen-bond donors (Lipinski definition) is 3. The van der Waals surface area contributed by atoms with E-state index in [0.29, 0.717) is 24.5 Å². The summed E-state index contributed by atoms with van der Waals surface area (Å²) >= 11 is 3.27. The molecule has 0 aromatic carbocycles. The van der Waals surface area contributed by atoms with Crippen molar-refractivity contribution >= 4 is 33.6 Å². The molecule has 3 N–H and O–H groups in total. The standard InChI is InChI=1S/C12H17BrN4O2/c1-3-15-10(18)4-5-16-12(19)9-6-8(13)7-17-11(9)14-2/h6-7H,3-5H2,1-2H3,(H,14,17)(H,15,18)(H,16,19). The highest BCUT2D eigenvalue weighted by molar-refractivity contribution is 9.10. The lowest BCUT2D eigenvalue weighted by atomic mass is 10.2. The fraction of sp³-hybridized carbons (Fsp3) is 0.417. The molecule has 0 radical (unpaired) electrons. The molecule has 104 valence electrons. The van der Waals surface area contributed by atoms with Crippen molar-refractivity contribution in [2.75, 3.05) is 25.5 Å². The predicted molar refractivity (Wildman–Crippen MR) is 77.1 cm³/mol. The normalized spacial score (nSPS) is 9.84. The number of amides is 2.